The molecule has 3 heteroatoms. The number of halogens is 1. The number of benzene rings is 1. The average Bonchev–Trinajstić information content (AvgIpc) is 3.08. The topological polar surface area (TPSA) is 12.0 Å². The van der Waals surface area contributed by atoms with Crippen LogP contribution in [0.3, 0.4) is 0 Å². The highest BCUT2D eigenvalue weighted by molar-refractivity contribution is 8.00. The lowest BCUT2D eigenvalue weighted by Crippen LogP contribution is -2.28. The summed E-state index contributed by atoms with van der Waals surface area (Å²) in [5, 5.41) is 4.41. The SMILES string of the molecule is CSC1(CNC(C)c2ccc(Cl)cc2)CC1. The summed E-state index contributed by atoms with van der Waals surface area (Å²) in [5.41, 5.74) is 1.31. The zero-order valence-corrected chi connectivity index (χ0v) is 11.4. The van der Waals surface area contributed by atoms with Crippen molar-refractivity contribution in [1.29, 1.82) is 0 Å². The van der Waals surface area contributed by atoms with Crippen molar-refractivity contribution < 1.29 is 0 Å². The molecule has 0 bridgehead atoms. The molecular weight excluding hydrogens is 238 g/mol. The highest BCUT2D eigenvalue weighted by Gasteiger charge is 2.41. The van der Waals surface area contributed by atoms with Crippen LogP contribution in [0.25, 0.3) is 0 Å². The molecule has 1 aliphatic rings. The Labute approximate surface area is 107 Å². The molecule has 2 rings (SSSR count). The van der Waals surface area contributed by atoms with Crippen LogP contribution in [-0.2, 0) is 0 Å². The van der Waals surface area contributed by atoms with Gasteiger partial charge in [-0.1, -0.05) is 23.7 Å². The van der Waals surface area contributed by atoms with E-state index in [1.165, 1.54) is 18.4 Å². The quantitative estimate of drug-likeness (QED) is 0.857. The normalized spacial score (nSPS) is 19.4. The number of thioether (sulfide) groups is 1. The summed E-state index contributed by atoms with van der Waals surface area (Å²) in [4.78, 5) is 0. The van der Waals surface area contributed by atoms with E-state index in [0.29, 0.717) is 10.8 Å². The number of nitrogens with one attached hydrogen (secondary N) is 1. The van der Waals surface area contributed by atoms with Gasteiger partial charge in [0.05, 0.1) is 0 Å². The summed E-state index contributed by atoms with van der Waals surface area (Å²) in [6, 6.07) is 8.51. The summed E-state index contributed by atoms with van der Waals surface area (Å²) in [6.07, 6.45) is 4.92. The predicted octanol–water partition coefficient (Wildman–Crippen LogP) is 3.89. The highest BCUT2D eigenvalue weighted by Crippen LogP contribution is 2.46. The first-order valence-electron chi connectivity index (χ1n) is 5.69. The standard InChI is InChI=1S/C13H18ClNS/c1-10(11-3-5-12(14)6-4-11)15-9-13(16-2)7-8-13/h3-6,10,15H,7-9H2,1-2H3. The maximum atomic E-state index is 5.87. The van der Waals surface area contributed by atoms with Gasteiger partial charge in [0.2, 0.25) is 0 Å². The Kier molecular flexibility index (Phi) is 3.83. The Morgan fingerprint density at radius 3 is 2.50 bits per heavy atom. The minimum absolute atomic E-state index is 0.405. The van der Waals surface area contributed by atoms with Gasteiger partial charge in [-0.25, -0.2) is 0 Å². The smallest absolute Gasteiger partial charge is 0.0406 e. The summed E-state index contributed by atoms with van der Waals surface area (Å²) in [6.45, 7) is 3.32. The van der Waals surface area contributed by atoms with E-state index in [2.05, 4.69) is 30.6 Å². The number of hydrogen-bond acceptors (Lipinski definition) is 2. The van der Waals surface area contributed by atoms with E-state index in [0.717, 1.165) is 11.6 Å². The summed E-state index contributed by atoms with van der Waals surface area (Å²) in [7, 11) is 0. The van der Waals surface area contributed by atoms with Gasteiger partial charge in [0, 0.05) is 22.4 Å². The molecule has 0 amide bonds. The molecule has 1 aromatic carbocycles. The monoisotopic (exact) mass is 255 g/mol. The Morgan fingerprint density at radius 2 is 2.00 bits per heavy atom. The molecule has 0 aliphatic heterocycles. The minimum Gasteiger partial charge on any atom is -0.309 e. The van der Waals surface area contributed by atoms with Crippen molar-refractivity contribution in [3.63, 3.8) is 0 Å². The zero-order chi connectivity index (χ0) is 11.6. The van der Waals surface area contributed by atoms with Crippen LogP contribution in [0.2, 0.25) is 5.02 Å². The van der Waals surface area contributed by atoms with Gasteiger partial charge in [0.25, 0.3) is 0 Å². The molecular formula is C13H18ClNS. The van der Waals surface area contributed by atoms with Gasteiger partial charge in [-0.05, 0) is 43.7 Å². The molecule has 16 heavy (non-hydrogen) atoms. The Bertz CT molecular complexity index is 345. The maximum absolute atomic E-state index is 5.87. The van der Waals surface area contributed by atoms with Gasteiger partial charge in [-0.15, -0.1) is 0 Å². The van der Waals surface area contributed by atoms with Crippen LogP contribution in [0.4, 0.5) is 0 Å². The van der Waals surface area contributed by atoms with Crippen LogP contribution in [0.5, 0.6) is 0 Å². The zero-order valence-electron chi connectivity index (χ0n) is 9.79. The van der Waals surface area contributed by atoms with Crippen LogP contribution in [0.1, 0.15) is 31.4 Å². The third kappa shape index (κ3) is 2.93. The molecule has 0 saturated heterocycles. The summed E-state index contributed by atoms with van der Waals surface area (Å²) in [5.74, 6) is 0. The van der Waals surface area contributed by atoms with Crippen LogP contribution in [0, 0.1) is 0 Å². The maximum Gasteiger partial charge on any atom is 0.0406 e. The Hall–Kier alpha value is -0.180. The van der Waals surface area contributed by atoms with Gasteiger partial charge in [0.1, 0.15) is 0 Å². The average molecular weight is 256 g/mol. The third-order valence-electron chi connectivity index (χ3n) is 3.34. The van der Waals surface area contributed by atoms with Gasteiger partial charge in [-0.3, -0.25) is 0 Å². The molecule has 1 nitrogen and oxygen atoms in total. The van der Waals surface area contributed by atoms with E-state index >= 15 is 0 Å². The van der Waals surface area contributed by atoms with Crippen molar-refractivity contribution in [3.05, 3.63) is 34.9 Å². The fraction of sp³-hybridized carbons (Fsp3) is 0.538. The van der Waals surface area contributed by atoms with Crippen molar-refractivity contribution in [2.24, 2.45) is 0 Å². The van der Waals surface area contributed by atoms with E-state index in [1.54, 1.807) is 0 Å². The van der Waals surface area contributed by atoms with E-state index in [-0.39, 0.29) is 0 Å². The molecule has 0 heterocycles. The minimum atomic E-state index is 0.405. The molecule has 0 aromatic heterocycles. The van der Waals surface area contributed by atoms with Crippen molar-refractivity contribution in [1.82, 2.24) is 5.32 Å². The number of rotatable bonds is 5. The van der Waals surface area contributed by atoms with Gasteiger partial charge in [0.15, 0.2) is 0 Å². The van der Waals surface area contributed by atoms with Crippen LogP contribution >= 0.6 is 23.4 Å². The molecule has 0 spiro atoms. The van der Waals surface area contributed by atoms with E-state index in [4.69, 9.17) is 11.6 Å². The lowest BCUT2D eigenvalue weighted by molar-refractivity contribution is 0.563. The van der Waals surface area contributed by atoms with Gasteiger partial charge < -0.3 is 5.32 Å². The van der Waals surface area contributed by atoms with Crippen molar-refractivity contribution in [2.75, 3.05) is 12.8 Å². The number of hydrogen-bond donors (Lipinski definition) is 1. The molecule has 0 radical (unpaired) electrons. The largest absolute Gasteiger partial charge is 0.309 e. The van der Waals surface area contributed by atoms with Gasteiger partial charge in [-0.2, -0.15) is 11.8 Å². The second-order valence-electron chi connectivity index (χ2n) is 4.54. The Morgan fingerprint density at radius 1 is 1.38 bits per heavy atom. The molecule has 1 unspecified atom stereocenters. The van der Waals surface area contributed by atoms with Crippen molar-refractivity contribution in [3.8, 4) is 0 Å². The second kappa shape index (κ2) is 4.99. The highest BCUT2D eigenvalue weighted by atomic mass is 35.5. The summed E-state index contributed by atoms with van der Waals surface area (Å²) < 4.78 is 0.528. The second-order valence-corrected chi connectivity index (χ2v) is 6.25. The van der Waals surface area contributed by atoms with Crippen LogP contribution < -0.4 is 5.32 Å². The Balaban J connectivity index is 1.88. The molecule has 1 aliphatic carbocycles. The van der Waals surface area contributed by atoms with Gasteiger partial charge >= 0.3 is 0 Å². The van der Waals surface area contributed by atoms with E-state index in [9.17, 15) is 0 Å². The predicted molar refractivity (Wildman–Crippen MR) is 73.3 cm³/mol. The molecule has 1 N–H and O–H groups in total. The van der Waals surface area contributed by atoms with Crippen molar-refractivity contribution in [2.45, 2.75) is 30.6 Å². The molecule has 88 valence electrons. The molecule has 1 aromatic rings. The van der Waals surface area contributed by atoms with E-state index < -0.39 is 0 Å². The first kappa shape index (κ1) is 12.3. The fourth-order valence-corrected chi connectivity index (χ4v) is 2.66. The lowest BCUT2D eigenvalue weighted by Gasteiger charge is -2.18. The van der Waals surface area contributed by atoms with Crippen LogP contribution in [0.15, 0.2) is 24.3 Å². The fourth-order valence-electron chi connectivity index (χ4n) is 1.80. The lowest BCUT2D eigenvalue weighted by atomic mass is 10.1. The molecule has 1 saturated carbocycles. The van der Waals surface area contributed by atoms with E-state index in [1.807, 2.05) is 23.9 Å². The van der Waals surface area contributed by atoms with Crippen molar-refractivity contribution >= 4 is 23.4 Å². The van der Waals surface area contributed by atoms with Crippen LogP contribution in [-0.4, -0.2) is 17.5 Å². The summed E-state index contributed by atoms with van der Waals surface area (Å²) >= 11 is 7.87. The first-order chi connectivity index (χ1) is 7.65. The molecule has 1 fully saturated rings. The third-order valence-corrected chi connectivity index (χ3v) is 5.01. The molecule has 1 atom stereocenters. The first-order valence-corrected chi connectivity index (χ1v) is 7.29.